The highest BCUT2D eigenvalue weighted by atomic mass is 15.0. The highest BCUT2D eigenvalue weighted by Gasteiger charge is 2.18. The maximum absolute atomic E-state index is 10.2. The number of aromatic nitrogens is 2. The molecule has 2 aromatic heterocycles. The van der Waals surface area contributed by atoms with E-state index in [1.165, 1.54) is 0 Å². The van der Waals surface area contributed by atoms with Crippen LogP contribution in [0.5, 0.6) is 0 Å². The van der Waals surface area contributed by atoms with Crippen LogP contribution in [0.25, 0.3) is 82.1 Å². The first kappa shape index (κ1) is 28.8. The highest BCUT2D eigenvalue weighted by Crippen LogP contribution is 2.39. The van der Waals surface area contributed by atoms with Crippen molar-refractivity contribution >= 4 is 49.3 Å². The molecule has 0 saturated carbocycles. The number of para-hydroxylation sites is 3. The lowest BCUT2D eigenvalue weighted by Gasteiger charge is -2.15. The van der Waals surface area contributed by atoms with E-state index in [1.807, 2.05) is 66.7 Å². The third-order valence-electron chi connectivity index (χ3n) is 9.54. The van der Waals surface area contributed by atoms with Crippen LogP contribution in [-0.2, 0) is 0 Å². The van der Waals surface area contributed by atoms with E-state index in [4.69, 9.17) is 6.57 Å². The van der Waals surface area contributed by atoms with Gasteiger partial charge < -0.3 is 9.13 Å². The van der Waals surface area contributed by atoms with E-state index in [0.29, 0.717) is 16.8 Å². The smallest absolute Gasteiger partial charge is 0.188 e. The molecule has 7 aromatic carbocycles. The first-order chi connectivity index (χ1) is 24.6. The Balaban J connectivity index is 1.22. The van der Waals surface area contributed by atoms with Crippen molar-refractivity contribution in [2.75, 3.05) is 0 Å². The van der Waals surface area contributed by atoms with Crippen molar-refractivity contribution in [3.63, 3.8) is 0 Å². The molecule has 2 heterocycles. The third kappa shape index (κ3) is 4.45. The number of benzene rings is 7. The van der Waals surface area contributed by atoms with E-state index in [1.54, 1.807) is 0 Å². The summed E-state index contributed by atoms with van der Waals surface area (Å²) in [5.74, 6) is 0. The Morgan fingerprint density at radius 3 is 1.88 bits per heavy atom. The second-order valence-electron chi connectivity index (χ2n) is 12.3. The van der Waals surface area contributed by atoms with E-state index in [2.05, 4.69) is 111 Å². The van der Waals surface area contributed by atoms with E-state index in [9.17, 15) is 10.5 Å². The standard InChI is InChI=1S/C45H25N5/c1-48-34-18-20-45-40(26-34)38-13-4-7-16-43(38)50(45)41-14-5-2-11-36(41)32-10-8-9-31(24-32)33-21-30(28-47)22-35(25-33)49-42-15-6-3-12-37(42)39-23-29(27-46)17-19-44(39)49/h2-26H. The molecule has 9 rings (SSSR count). The van der Waals surface area contributed by atoms with Crippen molar-refractivity contribution < 1.29 is 0 Å². The van der Waals surface area contributed by atoms with Crippen LogP contribution in [0.3, 0.4) is 0 Å². The van der Waals surface area contributed by atoms with Gasteiger partial charge in [0.1, 0.15) is 0 Å². The minimum Gasteiger partial charge on any atom is -0.309 e. The Bertz CT molecular complexity index is 2970. The highest BCUT2D eigenvalue weighted by molar-refractivity contribution is 6.11. The molecule has 0 aliphatic rings. The molecule has 0 saturated heterocycles. The summed E-state index contributed by atoms with van der Waals surface area (Å²) in [5, 5.41) is 24.0. The van der Waals surface area contributed by atoms with Gasteiger partial charge in [0, 0.05) is 27.4 Å². The van der Waals surface area contributed by atoms with Crippen LogP contribution < -0.4 is 0 Å². The molecule has 5 nitrogen and oxygen atoms in total. The quantitative estimate of drug-likeness (QED) is 0.181. The third-order valence-corrected chi connectivity index (χ3v) is 9.54. The average molecular weight is 636 g/mol. The molecule has 230 valence electrons. The molecule has 0 spiro atoms. The molecule has 0 atom stereocenters. The van der Waals surface area contributed by atoms with Gasteiger partial charge >= 0.3 is 0 Å². The van der Waals surface area contributed by atoms with Gasteiger partial charge in [0.05, 0.1) is 57.6 Å². The van der Waals surface area contributed by atoms with Gasteiger partial charge in [-0.2, -0.15) is 10.5 Å². The van der Waals surface area contributed by atoms with Crippen LogP contribution >= 0.6 is 0 Å². The fourth-order valence-electron chi connectivity index (χ4n) is 7.36. The van der Waals surface area contributed by atoms with Gasteiger partial charge in [0.25, 0.3) is 0 Å². The summed E-state index contributed by atoms with van der Waals surface area (Å²) in [5.41, 5.74) is 11.9. The zero-order valence-electron chi connectivity index (χ0n) is 26.7. The normalized spacial score (nSPS) is 11.1. The van der Waals surface area contributed by atoms with Gasteiger partial charge in [-0.15, -0.1) is 0 Å². The van der Waals surface area contributed by atoms with Crippen molar-refractivity contribution in [3.05, 3.63) is 174 Å². The summed E-state index contributed by atoms with van der Waals surface area (Å²) in [6, 6.07) is 55.7. The molecule has 0 N–H and O–H groups in total. The number of fused-ring (bicyclic) bond motifs is 6. The van der Waals surface area contributed by atoms with E-state index >= 15 is 0 Å². The van der Waals surface area contributed by atoms with Gasteiger partial charge in [0.15, 0.2) is 5.69 Å². The zero-order chi connectivity index (χ0) is 33.8. The van der Waals surface area contributed by atoms with Gasteiger partial charge in [-0.1, -0.05) is 78.9 Å². The van der Waals surface area contributed by atoms with E-state index in [-0.39, 0.29) is 0 Å². The molecule has 0 unspecified atom stereocenters. The Hall–Kier alpha value is -7.39. The van der Waals surface area contributed by atoms with E-state index in [0.717, 1.165) is 77.2 Å². The van der Waals surface area contributed by atoms with E-state index < -0.39 is 0 Å². The SMILES string of the molecule is [C-]#[N+]c1ccc2c(c1)c1ccccc1n2-c1ccccc1-c1cccc(-c2cc(C#N)cc(-n3c4ccccc4c4cc(C#N)ccc43)c2)c1. The van der Waals surface area contributed by atoms with Crippen LogP contribution in [0.1, 0.15) is 11.1 Å². The van der Waals surface area contributed by atoms with Crippen molar-refractivity contribution in [1.82, 2.24) is 9.13 Å². The van der Waals surface area contributed by atoms with Gasteiger partial charge in [-0.3, -0.25) is 0 Å². The fraction of sp³-hybridized carbons (Fsp3) is 0. The topological polar surface area (TPSA) is 61.8 Å². The van der Waals surface area contributed by atoms with Crippen molar-refractivity contribution in [1.29, 1.82) is 10.5 Å². The first-order valence-corrected chi connectivity index (χ1v) is 16.2. The molecule has 0 amide bonds. The monoisotopic (exact) mass is 635 g/mol. The fourth-order valence-corrected chi connectivity index (χ4v) is 7.36. The van der Waals surface area contributed by atoms with Gasteiger partial charge in [-0.25, -0.2) is 4.85 Å². The van der Waals surface area contributed by atoms with Gasteiger partial charge in [0.2, 0.25) is 0 Å². The molecule has 0 fully saturated rings. The number of nitriles is 2. The number of hydrogen-bond acceptors (Lipinski definition) is 2. The minimum atomic E-state index is 0.562. The number of hydrogen-bond donors (Lipinski definition) is 0. The Labute approximate surface area is 288 Å². The summed E-state index contributed by atoms with van der Waals surface area (Å²) in [6.45, 7) is 7.59. The predicted octanol–water partition coefficient (Wildman–Crippen LogP) is 11.5. The lowest BCUT2D eigenvalue weighted by atomic mass is 9.96. The van der Waals surface area contributed by atoms with Crippen LogP contribution in [0.4, 0.5) is 5.69 Å². The van der Waals surface area contributed by atoms with Crippen LogP contribution in [0.15, 0.2) is 152 Å². The van der Waals surface area contributed by atoms with Crippen LogP contribution in [-0.4, -0.2) is 9.13 Å². The number of rotatable bonds is 4. The Morgan fingerprint density at radius 2 is 1.10 bits per heavy atom. The van der Waals surface area contributed by atoms with Crippen molar-refractivity contribution in [2.24, 2.45) is 0 Å². The van der Waals surface area contributed by atoms with Crippen molar-refractivity contribution in [2.45, 2.75) is 0 Å². The maximum Gasteiger partial charge on any atom is 0.188 e. The molecule has 9 aromatic rings. The average Bonchev–Trinajstić information content (AvgIpc) is 3.69. The van der Waals surface area contributed by atoms with Crippen LogP contribution in [0, 0.1) is 29.2 Å². The second-order valence-corrected chi connectivity index (χ2v) is 12.3. The minimum absolute atomic E-state index is 0.562. The molecule has 0 aliphatic carbocycles. The van der Waals surface area contributed by atoms with Crippen LogP contribution in [0.2, 0.25) is 0 Å². The number of nitrogens with zero attached hydrogens (tertiary/aromatic N) is 5. The Kier molecular flexibility index (Phi) is 6.56. The molecular formula is C45H25N5. The van der Waals surface area contributed by atoms with Gasteiger partial charge in [-0.05, 0) is 94.9 Å². The first-order valence-electron chi connectivity index (χ1n) is 16.2. The molecule has 50 heavy (non-hydrogen) atoms. The second kappa shape index (κ2) is 11.4. The molecule has 0 bridgehead atoms. The zero-order valence-corrected chi connectivity index (χ0v) is 26.7. The largest absolute Gasteiger partial charge is 0.309 e. The summed E-state index contributed by atoms with van der Waals surface area (Å²) < 4.78 is 4.46. The molecule has 0 aliphatic heterocycles. The molecule has 5 heteroatoms. The lowest BCUT2D eigenvalue weighted by molar-refractivity contribution is 1.18. The lowest BCUT2D eigenvalue weighted by Crippen LogP contribution is -1.97. The summed E-state index contributed by atoms with van der Waals surface area (Å²) in [7, 11) is 0. The predicted molar refractivity (Wildman–Crippen MR) is 202 cm³/mol. The molecule has 0 radical (unpaired) electrons. The summed E-state index contributed by atoms with van der Waals surface area (Å²) >= 11 is 0. The Morgan fingerprint density at radius 1 is 0.460 bits per heavy atom. The summed E-state index contributed by atoms with van der Waals surface area (Å²) in [4.78, 5) is 3.69. The van der Waals surface area contributed by atoms with Crippen molar-refractivity contribution in [3.8, 4) is 45.8 Å². The summed E-state index contributed by atoms with van der Waals surface area (Å²) in [6.07, 6.45) is 0. The molecular weight excluding hydrogens is 611 g/mol. The maximum atomic E-state index is 10.2.